The summed E-state index contributed by atoms with van der Waals surface area (Å²) in [6.45, 7) is 2.96. The van der Waals surface area contributed by atoms with Gasteiger partial charge in [-0.1, -0.05) is 17.4 Å². The van der Waals surface area contributed by atoms with Crippen LogP contribution in [0.25, 0.3) is 10.2 Å². The molecule has 0 radical (unpaired) electrons. The molecule has 1 aromatic carbocycles. The Bertz CT molecular complexity index is 917. The number of likely N-dealkylation sites (N-methyl/N-ethyl adjacent to an activating group) is 1. The number of carbonyl (C=O) groups excluding carboxylic acids is 1. The number of thiazole rings is 1. The molecule has 2 heterocycles. The first-order valence-electron chi connectivity index (χ1n) is 7.88. The van der Waals surface area contributed by atoms with Crippen molar-refractivity contribution in [1.29, 1.82) is 0 Å². The monoisotopic (exact) mass is 361 g/mol. The van der Waals surface area contributed by atoms with Crippen molar-refractivity contribution in [2.45, 2.75) is 6.92 Å². The zero-order chi connectivity index (χ0) is 18.1. The third kappa shape index (κ3) is 3.54. The summed E-state index contributed by atoms with van der Waals surface area (Å²) >= 11 is 1.31. The fourth-order valence-electron chi connectivity index (χ4n) is 2.55. The molecule has 1 amide bonds. The van der Waals surface area contributed by atoms with Crippen molar-refractivity contribution >= 4 is 32.6 Å². The number of hydrogen-bond acceptors (Lipinski definition) is 5. The van der Waals surface area contributed by atoms with Gasteiger partial charge in [0.15, 0.2) is 10.8 Å². The second kappa shape index (κ2) is 6.89. The predicted molar refractivity (Wildman–Crippen MR) is 97.8 cm³/mol. The van der Waals surface area contributed by atoms with Crippen LogP contribution in [0.1, 0.15) is 16.1 Å². The third-order valence-electron chi connectivity index (χ3n) is 3.82. The molecule has 3 aromatic rings. The van der Waals surface area contributed by atoms with Gasteiger partial charge in [-0.2, -0.15) is 5.10 Å². The van der Waals surface area contributed by atoms with Crippen LogP contribution in [0.4, 0.5) is 9.52 Å². The second-order valence-electron chi connectivity index (χ2n) is 6.18. The van der Waals surface area contributed by atoms with Gasteiger partial charge in [-0.05, 0) is 33.2 Å². The molecule has 0 saturated heterocycles. The summed E-state index contributed by atoms with van der Waals surface area (Å²) < 4.78 is 16.3. The molecule has 0 unspecified atom stereocenters. The molecular formula is C17H20FN5OS. The summed E-state index contributed by atoms with van der Waals surface area (Å²) in [5.41, 5.74) is 1.48. The van der Waals surface area contributed by atoms with Crippen molar-refractivity contribution in [3.05, 3.63) is 41.5 Å². The van der Waals surface area contributed by atoms with Crippen LogP contribution in [0.15, 0.2) is 24.4 Å². The zero-order valence-corrected chi connectivity index (χ0v) is 15.5. The first kappa shape index (κ1) is 17.5. The normalized spacial score (nSPS) is 11.4. The number of fused-ring (bicyclic) bond motifs is 1. The fourth-order valence-corrected chi connectivity index (χ4v) is 3.55. The number of aromatic nitrogens is 3. The molecule has 3 rings (SSSR count). The summed E-state index contributed by atoms with van der Waals surface area (Å²) in [4.78, 5) is 21.0. The molecule has 0 saturated carbocycles. The molecule has 8 heteroatoms. The van der Waals surface area contributed by atoms with E-state index in [9.17, 15) is 9.18 Å². The highest BCUT2D eigenvalue weighted by molar-refractivity contribution is 7.22. The molecule has 0 aliphatic carbocycles. The van der Waals surface area contributed by atoms with E-state index < -0.39 is 0 Å². The average molecular weight is 361 g/mol. The number of aryl methyl sites for hydroxylation is 2. The van der Waals surface area contributed by atoms with Gasteiger partial charge in [-0.3, -0.25) is 14.4 Å². The molecule has 0 fully saturated rings. The zero-order valence-electron chi connectivity index (χ0n) is 14.7. The Hall–Kier alpha value is -2.32. The van der Waals surface area contributed by atoms with Crippen molar-refractivity contribution < 1.29 is 9.18 Å². The number of carbonyl (C=O) groups is 1. The van der Waals surface area contributed by atoms with E-state index in [4.69, 9.17) is 0 Å². The van der Waals surface area contributed by atoms with Gasteiger partial charge in [0.05, 0.1) is 4.70 Å². The lowest BCUT2D eigenvalue weighted by Gasteiger charge is -2.21. The van der Waals surface area contributed by atoms with Crippen LogP contribution < -0.4 is 4.90 Å². The molecular weight excluding hydrogens is 341 g/mol. The Morgan fingerprint density at radius 2 is 2.08 bits per heavy atom. The van der Waals surface area contributed by atoms with Gasteiger partial charge in [-0.25, -0.2) is 9.37 Å². The minimum Gasteiger partial charge on any atom is -0.308 e. The van der Waals surface area contributed by atoms with Crippen LogP contribution in [-0.4, -0.2) is 52.8 Å². The van der Waals surface area contributed by atoms with Crippen LogP contribution in [0.2, 0.25) is 0 Å². The van der Waals surface area contributed by atoms with Gasteiger partial charge >= 0.3 is 0 Å². The topological polar surface area (TPSA) is 54.3 Å². The molecule has 0 aliphatic rings. The number of para-hydroxylation sites is 1. The van der Waals surface area contributed by atoms with E-state index in [-0.39, 0.29) is 11.7 Å². The number of halogens is 1. The molecule has 6 nitrogen and oxygen atoms in total. The first-order valence-corrected chi connectivity index (χ1v) is 8.70. The molecule has 0 atom stereocenters. The minimum atomic E-state index is -0.381. The summed E-state index contributed by atoms with van der Waals surface area (Å²) in [5.74, 6) is -0.603. The average Bonchev–Trinajstić information content (AvgIpc) is 3.11. The summed E-state index contributed by atoms with van der Waals surface area (Å²) in [6, 6.07) is 4.83. The second-order valence-corrected chi connectivity index (χ2v) is 7.19. The Labute approximate surface area is 149 Å². The van der Waals surface area contributed by atoms with Crippen molar-refractivity contribution in [3.63, 3.8) is 0 Å². The number of anilines is 1. The number of benzene rings is 1. The van der Waals surface area contributed by atoms with Gasteiger partial charge in [-0.15, -0.1) is 0 Å². The van der Waals surface area contributed by atoms with Gasteiger partial charge in [0.1, 0.15) is 11.3 Å². The largest absolute Gasteiger partial charge is 0.308 e. The van der Waals surface area contributed by atoms with E-state index in [0.717, 1.165) is 10.3 Å². The predicted octanol–water partition coefficient (Wildman–Crippen LogP) is 2.69. The number of nitrogens with zero attached hydrogens (tertiary/aromatic N) is 5. The molecule has 0 aliphatic heterocycles. The number of rotatable bonds is 5. The number of amides is 1. The first-order chi connectivity index (χ1) is 11.9. The Balaban J connectivity index is 2.02. The van der Waals surface area contributed by atoms with Crippen LogP contribution >= 0.6 is 11.3 Å². The molecule has 2 aromatic heterocycles. The quantitative estimate of drug-likeness (QED) is 0.701. The van der Waals surface area contributed by atoms with Crippen molar-refractivity contribution in [1.82, 2.24) is 19.7 Å². The van der Waals surface area contributed by atoms with E-state index in [0.29, 0.717) is 29.4 Å². The molecule has 25 heavy (non-hydrogen) atoms. The van der Waals surface area contributed by atoms with Crippen LogP contribution in [-0.2, 0) is 7.05 Å². The maximum Gasteiger partial charge on any atom is 0.280 e. The van der Waals surface area contributed by atoms with E-state index in [1.165, 1.54) is 17.4 Å². The lowest BCUT2D eigenvalue weighted by molar-refractivity contribution is 0.0979. The van der Waals surface area contributed by atoms with Crippen molar-refractivity contribution in [3.8, 4) is 0 Å². The van der Waals surface area contributed by atoms with Crippen LogP contribution in [0.5, 0.6) is 0 Å². The third-order valence-corrected chi connectivity index (χ3v) is 4.86. The molecule has 0 N–H and O–H groups in total. The highest BCUT2D eigenvalue weighted by Gasteiger charge is 2.25. The Morgan fingerprint density at radius 1 is 1.32 bits per heavy atom. The smallest absolute Gasteiger partial charge is 0.280 e. The lowest BCUT2D eigenvalue weighted by Crippen LogP contribution is -2.37. The highest BCUT2D eigenvalue weighted by Crippen LogP contribution is 2.31. The SMILES string of the molecule is Cc1cn(C)nc1C(=O)N(CCN(C)C)c1nc2c(F)cccc2s1. The van der Waals surface area contributed by atoms with Gasteiger partial charge in [0.25, 0.3) is 5.91 Å². The summed E-state index contributed by atoms with van der Waals surface area (Å²) in [5, 5.41) is 4.75. The molecule has 132 valence electrons. The maximum absolute atomic E-state index is 14.0. The van der Waals surface area contributed by atoms with Crippen LogP contribution in [0.3, 0.4) is 0 Å². The van der Waals surface area contributed by atoms with Crippen LogP contribution in [0, 0.1) is 12.7 Å². The Morgan fingerprint density at radius 3 is 2.68 bits per heavy atom. The summed E-state index contributed by atoms with van der Waals surface area (Å²) in [7, 11) is 5.65. The van der Waals surface area contributed by atoms with Crippen molar-refractivity contribution in [2.75, 3.05) is 32.1 Å². The van der Waals surface area contributed by atoms with Crippen molar-refractivity contribution in [2.24, 2.45) is 7.05 Å². The highest BCUT2D eigenvalue weighted by atomic mass is 32.1. The van der Waals surface area contributed by atoms with Gasteiger partial charge < -0.3 is 4.90 Å². The lowest BCUT2D eigenvalue weighted by atomic mass is 10.2. The standard InChI is InChI=1S/C17H20FN5OS/c1-11-10-22(4)20-14(11)16(24)23(9-8-21(2)3)17-19-15-12(18)6-5-7-13(15)25-17/h5-7,10H,8-9H2,1-4H3. The van der Waals surface area contributed by atoms with E-state index >= 15 is 0 Å². The molecule has 0 spiro atoms. The Kier molecular flexibility index (Phi) is 4.82. The van der Waals surface area contributed by atoms with Gasteiger partial charge in [0.2, 0.25) is 0 Å². The minimum absolute atomic E-state index is 0.223. The fraction of sp³-hybridized carbons (Fsp3) is 0.353. The maximum atomic E-state index is 14.0. The van der Waals surface area contributed by atoms with Gasteiger partial charge in [0, 0.05) is 31.9 Å². The van der Waals surface area contributed by atoms with E-state index in [2.05, 4.69) is 10.1 Å². The number of hydrogen-bond donors (Lipinski definition) is 0. The summed E-state index contributed by atoms with van der Waals surface area (Å²) in [6.07, 6.45) is 1.80. The molecule has 0 bridgehead atoms. The van der Waals surface area contributed by atoms with E-state index in [1.807, 2.05) is 25.9 Å². The van der Waals surface area contributed by atoms with E-state index in [1.54, 1.807) is 35.0 Å².